The van der Waals surface area contributed by atoms with Crippen molar-refractivity contribution in [1.29, 1.82) is 0 Å². The first kappa shape index (κ1) is 25.5. The monoisotopic (exact) mass is 572 g/mol. The number of ether oxygens (including phenoxy) is 1. The van der Waals surface area contributed by atoms with Crippen molar-refractivity contribution in [3.05, 3.63) is 41.1 Å². The Morgan fingerprint density at radius 2 is 2.22 bits per heavy atom. The molecular weight excluding hydrogens is 535 g/mol. The predicted molar refractivity (Wildman–Crippen MR) is 142 cm³/mol. The number of nitrogens with one attached hydrogen (secondary N) is 1. The van der Waals surface area contributed by atoms with Crippen molar-refractivity contribution in [2.45, 2.75) is 45.4 Å². The average molecular weight is 573 g/mol. The van der Waals surface area contributed by atoms with Gasteiger partial charge in [-0.1, -0.05) is 13.0 Å². The number of nitrogens with zero attached hydrogens (tertiary/aromatic N) is 5. The number of imidazole rings is 1. The second kappa shape index (κ2) is 12.3. The third-order valence-corrected chi connectivity index (χ3v) is 7.43. The summed E-state index contributed by atoms with van der Waals surface area (Å²) >= 11 is 1.83. The van der Waals surface area contributed by atoms with Crippen LogP contribution in [0.3, 0.4) is 0 Å². The van der Waals surface area contributed by atoms with Gasteiger partial charge in [-0.05, 0) is 37.6 Å². The van der Waals surface area contributed by atoms with Gasteiger partial charge in [-0.15, -0.1) is 35.3 Å². The number of halogens is 1. The molecule has 0 aromatic carbocycles. The maximum atomic E-state index is 5.79. The lowest BCUT2D eigenvalue weighted by Gasteiger charge is -2.40. The number of hydrogen-bond acceptors (Lipinski definition) is 5. The van der Waals surface area contributed by atoms with Crippen LogP contribution in [0, 0.1) is 5.92 Å². The summed E-state index contributed by atoms with van der Waals surface area (Å²) in [5.41, 5.74) is 0. The molecule has 32 heavy (non-hydrogen) atoms. The zero-order valence-corrected chi connectivity index (χ0v) is 22.5. The normalized spacial score (nSPS) is 25.9. The van der Waals surface area contributed by atoms with Crippen molar-refractivity contribution >= 4 is 41.3 Å². The Hall–Kier alpha value is -1.17. The van der Waals surface area contributed by atoms with E-state index in [1.165, 1.54) is 4.88 Å². The number of hydrogen-bond donors (Lipinski definition) is 1. The number of piperidine rings is 1. The molecule has 7 nitrogen and oxygen atoms in total. The number of aromatic nitrogens is 2. The minimum Gasteiger partial charge on any atom is -0.376 e. The molecule has 2 fully saturated rings. The topological polar surface area (TPSA) is 57.9 Å². The van der Waals surface area contributed by atoms with Crippen molar-refractivity contribution in [3.8, 4) is 0 Å². The minimum absolute atomic E-state index is 0. The van der Waals surface area contributed by atoms with E-state index in [-0.39, 0.29) is 30.1 Å². The quantitative estimate of drug-likeness (QED) is 0.324. The smallest absolute Gasteiger partial charge is 0.194 e. The van der Waals surface area contributed by atoms with Crippen molar-refractivity contribution < 1.29 is 4.74 Å². The van der Waals surface area contributed by atoms with Gasteiger partial charge in [-0.3, -0.25) is 9.89 Å². The molecule has 1 N–H and O–H groups in total. The average Bonchev–Trinajstić information content (AvgIpc) is 3.48. The van der Waals surface area contributed by atoms with Crippen LogP contribution in [-0.2, 0) is 4.74 Å². The van der Waals surface area contributed by atoms with Crippen LogP contribution in [0.4, 0.5) is 0 Å². The van der Waals surface area contributed by atoms with E-state index in [1.54, 1.807) is 0 Å². The molecule has 0 bridgehead atoms. The Bertz CT molecular complexity index is 815. The van der Waals surface area contributed by atoms with Crippen LogP contribution in [0.15, 0.2) is 41.2 Å². The molecule has 2 aromatic heterocycles. The number of rotatable bonds is 6. The van der Waals surface area contributed by atoms with Gasteiger partial charge in [-0.25, -0.2) is 4.98 Å². The summed E-state index contributed by atoms with van der Waals surface area (Å²) in [6.07, 6.45) is 7.33. The first-order valence-corrected chi connectivity index (χ1v) is 12.4. The summed E-state index contributed by atoms with van der Waals surface area (Å²) in [5, 5.41) is 5.73. The summed E-state index contributed by atoms with van der Waals surface area (Å²) in [7, 11) is 0. The van der Waals surface area contributed by atoms with E-state index in [0.717, 1.165) is 58.3 Å². The van der Waals surface area contributed by atoms with Crippen LogP contribution >= 0.6 is 35.3 Å². The molecule has 4 atom stereocenters. The van der Waals surface area contributed by atoms with Crippen LogP contribution < -0.4 is 5.32 Å². The second-order valence-corrected chi connectivity index (χ2v) is 9.67. The van der Waals surface area contributed by atoms with E-state index >= 15 is 0 Å². The molecule has 4 heterocycles. The molecule has 0 amide bonds. The van der Waals surface area contributed by atoms with E-state index < -0.39 is 0 Å². The zero-order chi connectivity index (χ0) is 21.6. The standard InChI is InChI=1S/C23H36N6OS.HI/c1-4-25-23(28-9-7-18(2)21(16-28)29-10-8-24-17-29)26-14-20(22-6-5-13-31-22)27-11-12-30-19(3)15-27;/h5-6,8,10,13,17-21H,4,7,9,11-12,14-16H2,1-3H3,(H,25,26);1H. The first-order valence-electron chi connectivity index (χ1n) is 11.6. The van der Waals surface area contributed by atoms with Crippen LogP contribution in [0.2, 0.25) is 0 Å². The lowest BCUT2D eigenvalue weighted by Crippen LogP contribution is -2.49. The fraction of sp³-hybridized carbons (Fsp3) is 0.652. The third-order valence-electron chi connectivity index (χ3n) is 6.46. The molecule has 0 radical (unpaired) electrons. The van der Waals surface area contributed by atoms with Gasteiger partial charge in [0.05, 0.1) is 37.7 Å². The van der Waals surface area contributed by atoms with Crippen molar-refractivity contribution in [2.75, 3.05) is 45.9 Å². The van der Waals surface area contributed by atoms with Crippen LogP contribution in [0.25, 0.3) is 0 Å². The van der Waals surface area contributed by atoms with Gasteiger partial charge in [0.15, 0.2) is 5.96 Å². The fourth-order valence-electron chi connectivity index (χ4n) is 4.69. The van der Waals surface area contributed by atoms with E-state index in [2.05, 4.69) is 69.1 Å². The number of likely N-dealkylation sites (tertiary alicyclic amines) is 1. The zero-order valence-electron chi connectivity index (χ0n) is 19.4. The van der Waals surface area contributed by atoms with Gasteiger partial charge in [-0.2, -0.15) is 0 Å². The third kappa shape index (κ3) is 6.24. The van der Waals surface area contributed by atoms with Crippen molar-refractivity contribution in [2.24, 2.45) is 10.9 Å². The Balaban J connectivity index is 0.00000289. The molecule has 0 spiro atoms. The number of aliphatic imine (C=N–C) groups is 1. The molecule has 2 aromatic rings. The van der Waals surface area contributed by atoms with Crippen LogP contribution in [0.5, 0.6) is 0 Å². The predicted octanol–water partition coefficient (Wildman–Crippen LogP) is 3.87. The highest BCUT2D eigenvalue weighted by Gasteiger charge is 2.30. The maximum absolute atomic E-state index is 5.79. The molecule has 178 valence electrons. The lowest BCUT2D eigenvalue weighted by molar-refractivity contribution is -0.0327. The van der Waals surface area contributed by atoms with Crippen molar-refractivity contribution in [3.63, 3.8) is 0 Å². The molecule has 9 heteroatoms. The SMILES string of the molecule is CCNC(=NCC(c1cccs1)N1CCOC(C)C1)N1CCC(C)C(n2ccnc2)C1.I. The Kier molecular flexibility index (Phi) is 9.81. The molecule has 2 saturated heterocycles. The Morgan fingerprint density at radius 1 is 1.34 bits per heavy atom. The van der Waals surface area contributed by atoms with Gasteiger partial charge in [0.1, 0.15) is 0 Å². The van der Waals surface area contributed by atoms with Crippen LogP contribution in [-0.4, -0.2) is 77.3 Å². The summed E-state index contributed by atoms with van der Waals surface area (Å²) in [6.45, 7) is 13.0. The Morgan fingerprint density at radius 3 is 2.91 bits per heavy atom. The molecule has 0 saturated carbocycles. The summed E-state index contributed by atoms with van der Waals surface area (Å²) in [6, 6.07) is 5.12. The molecule has 4 unspecified atom stereocenters. The van der Waals surface area contributed by atoms with Crippen LogP contribution in [0.1, 0.15) is 44.2 Å². The number of thiophene rings is 1. The first-order chi connectivity index (χ1) is 15.2. The minimum atomic E-state index is 0. The van der Waals surface area contributed by atoms with E-state index in [1.807, 2.05) is 23.9 Å². The fourth-order valence-corrected chi connectivity index (χ4v) is 5.54. The molecule has 0 aliphatic carbocycles. The summed E-state index contributed by atoms with van der Waals surface area (Å²) in [4.78, 5) is 15.8. The van der Waals surface area contributed by atoms with Gasteiger partial charge in [0.2, 0.25) is 0 Å². The Labute approximate surface area is 213 Å². The highest BCUT2D eigenvalue weighted by molar-refractivity contribution is 14.0. The van der Waals surface area contributed by atoms with E-state index in [4.69, 9.17) is 9.73 Å². The molecule has 4 rings (SSSR count). The molecular formula is C23H37IN6OS. The molecule has 2 aliphatic heterocycles. The van der Waals surface area contributed by atoms with Gasteiger partial charge >= 0.3 is 0 Å². The molecule has 2 aliphatic rings. The van der Waals surface area contributed by atoms with Gasteiger partial charge in [0.25, 0.3) is 0 Å². The summed E-state index contributed by atoms with van der Waals surface area (Å²) in [5.74, 6) is 1.66. The van der Waals surface area contributed by atoms with Crippen molar-refractivity contribution in [1.82, 2.24) is 24.7 Å². The maximum Gasteiger partial charge on any atom is 0.194 e. The lowest BCUT2D eigenvalue weighted by atomic mass is 9.93. The van der Waals surface area contributed by atoms with E-state index in [0.29, 0.717) is 18.0 Å². The highest BCUT2D eigenvalue weighted by Crippen LogP contribution is 2.29. The van der Waals surface area contributed by atoms with E-state index in [9.17, 15) is 0 Å². The summed E-state index contributed by atoms with van der Waals surface area (Å²) < 4.78 is 8.04. The second-order valence-electron chi connectivity index (χ2n) is 8.69. The van der Waals surface area contributed by atoms with Gasteiger partial charge in [0, 0.05) is 50.0 Å². The highest BCUT2D eigenvalue weighted by atomic mass is 127. The largest absolute Gasteiger partial charge is 0.376 e. The number of guanidine groups is 1. The van der Waals surface area contributed by atoms with Gasteiger partial charge < -0.3 is 19.5 Å². The number of morpholine rings is 1.